The number of rotatable bonds is 3. The van der Waals surface area contributed by atoms with Gasteiger partial charge in [-0.15, -0.1) is 0 Å². The molecule has 1 saturated carbocycles. The average Bonchev–Trinajstić information content (AvgIpc) is 3.08. The molecule has 16 heavy (non-hydrogen) atoms. The molecule has 0 bridgehead atoms. The van der Waals surface area contributed by atoms with Crippen molar-refractivity contribution in [2.45, 2.75) is 25.3 Å². The number of aromatic nitrogens is 4. The molecule has 0 saturated heterocycles. The predicted molar refractivity (Wildman–Crippen MR) is 58.8 cm³/mol. The first-order valence-electron chi connectivity index (χ1n) is 5.39. The third-order valence-electron chi connectivity index (χ3n) is 2.80. The average molecular weight is 219 g/mol. The Morgan fingerprint density at radius 3 is 3.00 bits per heavy atom. The second-order valence-corrected chi connectivity index (χ2v) is 4.07. The molecule has 0 atom stereocenters. The highest BCUT2D eigenvalue weighted by molar-refractivity contribution is 5.81. The van der Waals surface area contributed by atoms with Gasteiger partial charge in [-0.1, -0.05) is 0 Å². The first-order chi connectivity index (χ1) is 7.79. The van der Waals surface area contributed by atoms with E-state index in [1.165, 1.54) is 12.8 Å². The molecule has 0 spiro atoms. The quantitative estimate of drug-likeness (QED) is 0.773. The topological polar surface area (TPSA) is 89.8 Å². The Kier molecular flexibility index (Phi) is 2.03. The lowest BCUT2D eigenvalue weighted by Gasteiger charge is -2.00. The number of nitrogens with zero attached hydrogens (tertiary/aromatic N) is 4. The van der Waals surface area contributed by atoms with Crippen molar-refractivity contribution in [2.24, 2.45) is 0 Å². The smallest absolute Gasteiger partial charge is 0.179 e. The zero-order valence-electron chi connectivity index (χ0n) is 8.80. The van der Waals surface area contributed by atoms with E-state index < -0.39 is 0 Å². The molecule has 0 aliphatic heterocycles. The molecule has 3 rings (SSSR count). The molecule has 2 aromatic heterocycles. The number of fused-ring (bicyclic) bond motifs is 1. The maximum atomic E-state index is 8.93. The van der Waals surface area contributed by atoms with Crippen molar-refractivity contribution in [1.29, 1.82) is 0 Å². The number of nitrogens with two attached hydrogens (primary N) is 1. The number of aliphatic hydroxyl groups excluding tert-OH is 1. The molecule has 1 aliphatic rings. The minimum atomic E-state index is 0.0194. The van der Waals surface area contributed by atoms with Gasteiger partial charge in [0, 0.05) is 12.1 Å². The monoisotopic (exact) mass is 219 g/mol. The lowest BCUT2D eigenvalue weighted by molar-refractivity contribution is 0.271. The van der Waals surface area contributed by atoms with Crippen LogP contribution in [0, 0.1) is 0 Å². The molecular formula is C10H13N5O. The number of aliphatic hydroxyl groups is 1. The van der Waals surface area contributed by atoms with Gasteiger partial charge in [0.15, 0.2) is 17.0 Å². The van der Waals surface area contributed by atoms with Gasteiger partial charge in [0.25, 0.3) is 0 Å². The zero-order chi connectivity index (χ0) is 11.1. The minimum absolute atomic E-state index is 0.0194. The maximum absolute atomic E-state index is 8.93. The second-order valence-electron chi connectivity index (χ2n) is 4.07. The van der Waals surface area contributed by atoms with E-state index in [9.17, 15) is 0 Å². The van der Waals surface area contributed by atoms with Gasteiger partial charge in [0.2, 0.25) is 0 Å². The molecule has 6 heteroatoms. The van der Waals surface area contributed by atoms with Gasteiger partial charge in [0.1, 0.15) is 0 Å². The van der Waals surface area contributed by atoms with Crippen molar-refractivity contribution >= 4 is 17.0 Å². The van der Waals surface area contributed by atoms with Crippen LogP contribution in [0.15, 0.2) is 6.20 Å². The standard InChI is InChI=1S/C10H13N5O/c11-9-8-10(15(14-9)3-4-16)13-7(5-12-8)6-1-2-6/h5-6,16H,1-4H2,(H2,11,14). The van der Waals surface area contributed by atoms with Crippen LogP contribution in [0.1, 0.15) is 24.5 Å². The number of anilines is 1. The maximum Gasteiger partial charge on any atom is 0.179 e. The molecule has 2 heterocycles. The summed E-state index contributed by atoms with van der Waals surface area (Å²) in [5.41, 5.74) is 8.04. The molecule has 0 radical (unpaired) electrons. The van der Waals surface area contributed by atoms with Crippen molar-refractivity contribution in [3.63, 3.8) is 0 Å². The summed E-state index contributed by atoms with van der Waals surface area (Å²) < 4.78 is 1.61. The molecule has 3 N–H and O–H groups in total. The Labute approximate surface area is 92.1 Å². The lowest BCUT2D eigenvalue weighted by atomic mass is 10.3. The van der Waals surface area contributed by atoms with E-state index in [1.807, 2.05) is 0 Å². The summed E-state index contributed by atoms with van der Waals surface area (Å²) in [5.74, 6) is 0.925. The lowest BCUT2D eigenvalue weighted by Crippen LogP contribution is -2.05. The van der Waals surface area contributed by atoms with E-state index in [0.29, 0.717) is 29.4 Å². The molecular weight excluding hydrogens is 206 g/mol. The van der Waals surface area contributed by atoms with E-state index in [2.05, 4.69) is 15.1 Å². The third kappa shape index (κ3) is 1.42. The van der Waals surface area contributed by atoms with Gasteiger partial charge in [0.05, 0.1) is 18.8 Å². The highest BCUT2D eigenvalue weighted by Gasteiger charge is 2.26. The summed E-state index contributed by atoms with van der Waals surface area (Å²) in [4.78, 5) is 8.82. The van der Waals surface area contributed by atoms with Gasteiger partial charge in [-0.25, -0.2) is 14.6 Å². The van der Waals surface area contributed by atoms with Crippen LogP contribution in [0.5, 0.6) is 0 Å². The Morgan fingerprint density at radius 1 is 1.50 bits per heavy atom. The van der Waals surface area contributed by atoms with Crippen LogP contribution in [0.25, 0.3) is 11.2 Å². The van der Waals surface area contributed by atoms with Crippen LogP contribution >= 0.6 is 0 Å². The molecule has 0 unspecified atom stereocenters. The molecule has 1 fully saturated rings. The predicted octanol–water partition coefficient (Wildman–Crippen LogP) is 0.278. The molecule has 0 aromatic carbocycles. The SMILES string of the molecule is Nc1nn(CCO)c2nc(C3CC3)cnc12. The van der Waals surface area contributed by atoms with Crippen LogP contribution in [0.3, 0.4) is 0 Å². The molecule has 6 nitrogen and oxygen atoms in total. The summed E-state index contributed by atoms with van der Waals surface area (Å²) in [6.07, 6.45) is 4.15. The first-order valence-corrected chi connectivity index (χ1v) is 5.39. The normalized spacial score (nSPS) is 15.8. The van der Waals surface area contributed by atoms with Gasteiger partial charge < -0.3 is 10.8 Å². The van der Waals surface area contributed by atoms with Crippen LogP contribution in [-0.2, 0) is 6.54 Å². The van der Waals surface area contributed by atoms with E-state index in [4.69, 9.17) is 10.8 Å². The number of hydrogen-bond acceptors (Lipinski definition) is 5. The summed E-state index contributed by atoms with van der Waals surface area (Å²) in [6.45, 7) is 0.419. The van der Waals surface area contributed by atoms with Crippen LogP contribution in [0.4, 0.5) is 5.82 Å². The number of nitrogen functional groups attached to an aromatic ring is 1. The molecule has 0 amide bonds. The molecule has 84 valence electrons. The van der Waals surface area contributed by atoms with E-state index in [-0.39, 0.29) is 6.61 Å². The van der Waals surface area contributed by atoms with Crippen LogP contribution < -0.4 is 5.73 Å². The largest absolute Gasteiger partial charge is 0.394 e. The molecule has 2 aromatic rings. The van der Waals surface area contributed by atoms with Crippen LogP contribution in [0.2, 0.25) is 0 Å². The van der Waals surface area contributed by atoms with Gasteiger partial charge in [-0.05, 0) is 12.8 Å². The molecule has 1 aliphatic carbocycles. The second kappa shape index (κ2) is 3.41. The fourth-order valence-electron chi connectivity index (χ4n) is 1.80. The van der Waals surface area contributed by atoms with Gasteiger partial charge >= 0.3 is 0 Å². The van der Waals surface area contributed by atoms with Gasteiger partial charge in [-0.2, -0.15) is 5.10 Å². The highest BCUT2D eigenvalue weighted by atomic mass is 16.3. The Bertz CT molecular complexity index is 531. The van der Waals surface area contributed by atoms with E-state index in [1.54, 1.807) is 10.9 Å². The van der Waals surface area contributed by atoms with E-state index in [0.717, 1.165) is 5.69 Å². The fraction of sp³-hybridized carbons (Fsp3) is 0.500. The Morgan fingerprint density at radius 2 is 2.31 bits per heavy atom. The summed E-state index contributed by atoms with van der Waals surface area (Å²) >= 11 is 0. The van der Waals surface area contributed by atoms with Crippen molar-refractivity contribution < 1.29 is 5.11 Å². The number of hydrogen-bond donors (Lipinski definition) is 2. The van der Waals surface area contributed by atoms with Crippen molar-refractivity contribution in [3.05, 3.63) is 11.9 Å². The summed E-state index contributed by atoms with van der Waals surface area (Å²) in [6, 6.07) is 0. The highest BCUT2D eigenvalue weighted by Crippen LogP contribution is 2.39. The Balaban J connectivity index is 2.14. The zero-order valence-corrected chi connectivity index (χ0v) is 8.80. The van der Waals surface area contributed by atoms with Crippen molar-refractivity contribution in [2.75, 3.05) is 12.3 Å². The summed E-state index contributed by atoms with van der Waals surface area (Å²) in [5, 5.41) is 13.0. The van der Waals surface area contributed by atoms with Gasteiger partial charge in [-0.3, -0.25) is 0 Å². The summed E-state index contributed by atoms with van der Waals surface area (Å²) in [7, 11) is 0. The van der Waals surface area contributed by atoms with Crippen molar-refractivity contribution in [1.82, 2.24) is 19.7 Å². The van der Waals surface area contributed by atoms with Crippen molar-refractivity contribution in [3.8, 4) is 0 Å². The van der Waals surface area contributed by atoms with Crippen LogP contribution in [-0.4, -0.2) is 31.5 Å². The van der Waals surface area contributed by atoms with E-state index >= 15 is 0 Å². The first kappa shape index (κ1) is 9.53. The minimum Gasteiger partial charge on any atom is -0.394 e. The third-order valence-corrected chi connectivity index (χ3v) is 2.80. The Hall–Kier alpha value is -1.69. The fourth-order valence-corrected chi connectivity index (χ4v) is 1.80.